The lowest BCUT2D eigenvalue weighted by Crippen LogP contribution is -2.13. The molecule has 0 fully saturated rings. The molecule has 1 heterocycles. The van der Waals surface area contributed by atoms with Gasteiger partial charge in [-0.05, 0) is 60.9 Å². The van der Waals surface area contributed by atoms with Crippen molar-refractivity contribution in [3.63, 3.8) is 0 Å². The third-order valence-electron chi connectivity index (χ3n) is 4.88. The Kier molecular flexibility index (Phi) is 10.3. The number of hydrogen-bond donors (Lipinski definition) is 1. The van der Waals surface area contributed by atoms with Crippen LogP contribution in [0.2, 0.25) is 0 Å². The lowest BCUT2D eigenvalue weighted by atomic mass is 10.1. The highest BCUT2D eigenvalue weighted by atomic mass is 32.1. The van der Waals surface area contributed by atoms with E-state index in [2.05, 4.69) is 29.4 Å². The van der Waals surface area contributed by atoms with Crippen LogP contribution >= 0.6 is 11.3 Å². The van der Waals surface area contributed by atoms with Gasteiger partial charge in [-0.2, -0.15) is 5.26 Å². The van der Waals surface area contributed by atoms with Gasteiger partial charge in [0, 0.05) is 6.42 Å². The Bertz CT molecular complexity index is 1250. The first-order chi connectivity index (χ1) is 17.9. The number of rotatable bonds is 13. The van der Waals surface area contributed by atoms with E-state index in [1.165, 1.54) is 17.4 Å². The molecule has 1 amide bonds. The summed E-state index contributed by atoms with van der Waals surface area (Å²) in [6.07, 6.45) is 2.27. The molecule has 0 saturated heterocycles. The van der Waals surface area contributed by atoms with Gasteiger partial charge in [0.25, 0.3) is 5.91 Å². The number of amides is 1. The predicted octanol–water partition coefficient (Wildman–Crippen LogP) is 5.15. The summed E-state index contributed by atoms with van der Waals surface area (Å²) in [6, 6.07) is 14.4. The molecule has 0 radical (unpaired) electrons. The molecule has 0 bridgehead atoms. The Morgan fingerprint density at radius 3 is 2.46 bits per heavy atom. The van der Waals surface area contributed by atoms with Gasteiger partial charge in [-0.3, -0.25) is 10.1 Å². The van der Waals surface area contributed by atoms with Crippen molar-refractivity contribution < 1.29 is 23.7 Å². The van der Waals surface area contributed by atoms with Crippen LogP contribution < -0.4 is 24.3 Å². The molecule has 0 unspecified atom stereocenters. The van der Waals surface area contributed by atoms with Gasteiger partial charge in [0.05, 0.1) is 13.7 Å². The molecule has 37 heavy (non-hydrogen) atoms. The zero-order valence-corrected chi connectivity index (χ0v) is 22.1. The molecule has 194 valence electrons. The zero-order valence-electron chi connectivity index (χ0n) is 21.3. The number of aromatic nitrogens is 2. The van der Waals surface area contributed by atoms with Crippen LogP contribution in [0.25, 0.3) is 6.08 Å². The predicted molar refractivity (Wildman–Crippen MR) is 142 cm³/mol. The van der Waals surface area contributed by atoms with Crippen LogP contribution in [-0.2, 0) is 11.2 Å². The van der Waals surface area contributed by atoms with Crippen molar-refractivity contribution in [2.75, 3.05) is 32.2 Å². The average molecular weight is 523 g/mol. The lowest BCUT2D eigenvalue weighted by molar-refractivity contribution is -0.112. The molecule has 10 heteroatoms. The van der Waals surface area contributed by atoms with Crippen LogP contribution in [-0.4, -0.2) is 43.0 Å². The van der Waals surface area contributed by atoms with Crippen LogP contribution in [0, 0.1) is 17.2 Å². The van der Waals surface area contributed by atoms with Crippen LogP contribution in [0.1, 0.15) is 31.3 Å². The fourth-order valence-corrected chi connectivity index (χ4v) is 4.15. The molecule has 1 N–H and O–H groups in total. The molecule has 3 aromatic rings. The molecule has 1 aromatic heterocycles. The summed E-state index contributed by atoms with van der Waals surface area (Å²) in [5, 5.41) is 21.5. The third kappa shape index (κ3) is 8.51. The highest BCUT2D eigenvalue weighted by molar-refractivity contribution is 7.15. The lowest BCUT2D eigenvalue weighted by Gasteiger charge is -2.13. The van der Waals surface area contributed by atoms with E-state index in [4.69, 9.17) is 18.9 Å². The number of anilines is 1. The van der Waals surface area contributed by atoms with Crippen LogP contribution in [0.5, 0.6) is 23.0 Å². The molecule has 0 atom stereocenters. The molecular formula is C27H30N4O5S. The van der Waals surface area contributed by atoms with E-state index >= 15 is 0 Å². The minimum Gasteiger partial charge on any atom is -0.497 e. The number of hydrogen-bond acceptors (Lipinski definition) is 9. The summed E-state index contributed by atoms with van der Waals surface area (Å²) < 4.78 is 22.4. The number of benzene rings is 2. The van der Waals surface area contributed by atoms with Crippen molar-refractivity contribution in [2.24, 2.45) is 5.92 Å². The maximum atomic E-state index is 12.6. The monoisotopic (exact) mass is 522 g/mol. The first kappa shape index (κ1) is 27.5. The number of nitriles is 1. The average Bonchev–Trinajstić information content (AvgIpc) is 3.32. The van der Waals surface area contributed by atoms with Gasteiger partial charge in [0.15, 0.2) is 11.5 Å². The molecule has 0 spiro atoms. The molecule has 0 aliphatic heterocycles. The minimum absolute atomic E-state index is 0.0652. The smallest absolute Gasteiger partial charge is 0.268 e. The highest BCUT2D eigenvalue weighted by Gasteiger charge is 2.14. The molecule has 0 aliphatic carbocycles. The summed E-state index contributed by atoms with van der Waals surface area (Å²) in [7, 11) is 1.61. The fourth-order valence-electron chi connectivity index (χ4n) is 3.20. The van der Waals surface area contributed by atoms with Gasteiger partial charge >= 0.3 is 0 Å². The van der Waals surface area contributed by atoms with E-state index in [0.29, 0.717) is 53.7 Å². The van der Waals surface area contributed by atoms with Crippen molar-refractivity contribution in [3.8, 4) is 29.1 Å². The SMILES string of the molecule is CCOc1cc(/C=C(/C#N)C(=O)Nc2nnc(CC(C)C)s2)ccc1OCCOc1ccc(OC)cc1. The number of ether oxygens (including phenoxy) is 4. The molecular weight excluding hydrogens is 492 g/mol. The van der Waals surface area contributed by atoms with Crippen molar-refractivity contribution in [2.45, 2.75) is 27.2 Å². The molecule has 9 nitrogen and oxygen atoms in total. The van der Waals surface area contributed by atoms with Gasteiger partial charge in [-0.1, -0.05) is 31.3 Å². The van der Waals surface area contributed by atoms with E-state index in [1.54, 1.807) is 25.3 Å². The second-order valence-electron chi connectivity index (χ2n) is 8.23. The topological polar surface area (TPSA) is 116 Å². The van der Waals surface area contributed by atoms with Crippen molar-refractivity contribution in [3.05, 3.63) is 58.6 Å². The van der Waals surface area contributed by atoms with Crippen molar-refractivity contribution in [1.29, 1.82) is 5.26 Å². The molecule has 3 rings (SSSR count). The fraction of sp³-hybridized carbons (Fsp3) is 0.333. The third-order valence-corrected chi connectivity index (χ3v) is 5.74. The first-order valence-corrected chi connectivity index (χ1v) is 12.7. The maximum absolute atomic E-state index is 12.6. The Labute approximate surface area is 220 Å². The standard InChI is InChI=1S/C27H30N4O5S/c1-5-34-24-16-19(6-11-23(24)36-13-12-35-22-9-7-21(33-4)8-10-22)15-20(17-28)26(32)29-27-31-30-25(37-27)14-18(2)3/h6-11,15-16,18H,5,12-14H2,1-4H3,(H,29,31,32)/b20-15-. The van der Waals surface area contributed by atoms with Gasteiger partial charge in [-0.15, -0.1) is 10.2 Å². The van der Waals surface area contributed by atoms with Gasteiger partial charge in [0.1, 0.15) is 41.4 Å². The van der Waals surface area contributed by atoms with E-state index < -0.39 is 5.91 Å². The summed E-state index contributed by atoms with van der Waals surface area (Å²) >= 11 is 1.30. The zero-order chi connectivity index (χ0) is 26.6. The minimum atomic E-state index is -0.552. The Morgan fingerprint density at radius 2 is 1.78 bits per heavy atom. The summed E-state index contributed by atoms with van der Waals surface area (Å²) in [6.45, 7) is 7.09. The summed E-state index contributed by atoms with van der Waals surface area (Å²) in [5.74, 6) is 2.38. The van der Waals surface area contributed by atoms with Gasteiger partial charge in [0.2, 0.25) is 5.13 Å². The largest absolute Gasteiger partial charge is 0.497 e. The van der Waals surface area contributed by atoms with Crippen molar-refractivity contribution in [1.82, 2.24) is 10.2 Å². The van der Waals surface area contributed by atoms with E-state index in [-0.39, 0.29) is 5.57 Å². The van der Waals surface area contributed by atoms with Crippen LogP contribution in [0.15, 0.2) is 48.0 Å². The maximum Gasteiger partial charge on any atom is 0.268 e. The number of carbonyl (C=O) groups excluding carboxylic acids is 1. The summed E-state index contributed by atoms with van der Waals surface area (Å²) in [4.78, 5) is 12.6. The number of carbonyl (C=O) groups is 1. The number of nitrogens with one attached hydrogen (secondary N) is 1. The first-order valence-electron chi connectivity index (χ1n) is 11.8. The molecule has 2 aromatic carbocycles. The molecule has 0 saturated carbocycles. The second kappa shape index (κ2) is 13.8. The normalized spacial score (nSPS) is 11.1. The van der Waals surface area contributed by atoms with Crippen molar-refractivity contribution >= 4 is 28.5 Å². The van der Waals surface area contributed by atoms with Gasteiger partial charge < -0.3 is 18.9 Å². The Morgan fingerprint density at radius 1 is 1.05 bits per heavy atom. The van der Waals surface area contributed by atoms with Crippen LogP contribution in [0.4, 0.5) is 5.13 Å². The Hall–Kier alpha value is -4.10. The van der Waals surface area contributed by atoms with Crippen LogP contribution in [0.3, 0.4) is 0 Å². The van der Waals surface area contributed by atoms with E-state index in [9.17, 15) is 10.1 Å². The Balaban J connectivity index is 1.62. The van der Waals surface area contributed by atoms with E-state index in [0.717, 1.165) is 17.2 Å². The molecule has 0 aliphatic rings. The number of nitrogens with zero attached hydrogens (tertiary/aromatic N) is 3. The van der Waals surface area contributed by atoms with E-state index in [1.807, 2.05) is 37.3 Å². The quantitative estimate of drug-likeness (QED) is 0.186. The highest BCUT2D eigenvalue weighted by Crippen LogP contribution is 2.30. The van der Waals surface area contributed by atoms with Gasteiger partial charge in [-0.25, -0.2) is 0 Å². The number of methoxy groups -OCH3 is 1. The second-order valence-corrected chi connectivity index (χ2v) is 9.30. The summed E-state index contributed by atoms with van der Waals surface area (Å²) in [5.41, 5.74) is 0.555.